The highest BCUT2D eigenvalue weighted by Crippen LogP contribution is 2.23. The molecule has 8 nitrogen and oxygen atoms in total. The number of aromatic nitrogens is 2. The topological polar surface area (TPSA) is 108 Å². The van der Waals surface area contributed by atoms with Gasteiger partial charge in [0, 0.05) is 43.7 Å². The van der Waals surface area contributed by atoms with Crippen molar-refractivity contribution in [3.05, 3.63) is 29.7 Å². The second-order valence-corrected chi connectivity index (χ2v) is 6.33. The van der Waals surface area contributed by atoms with Crippen LogP contribution in [0, 0.1) is 11.7 Å². The van der Waals surface area contributed by atoms with Crippen LogP contribution in [0.5, 0.6) is 5.88 Å². The second kappa shape index (κ2) is 7.79. The lowest BCUT2D eigenvalue weighted by molar-refractivity contribution is 0.138. The third-order valence-electron chi connectivity index (χ3n) is 4.62. The number of carboxylic acid groups (broad SMARTS) is 1. The Morgan fingerprint density at radius 1 is 1.46 bits per heavy atom. The summed E-state index contributed by atoms with van der Waals surface area (Å²) < 4.78 is 19.4. The Morgan fingerprint density at radius 3 is 3.00 bits per heavy atom. The van der Waals surface area contributed by atoms with Gasteiger partial charge >= 0.3 is 6.09 Å². The normalized spacial score (nSPS) is 20.4. The van der Waals surface area contributed by atoms with Crippen molar-refractivity contribution in [1.29, 1.82) is 0 Å². The van der Waals surface area contributed by atoms with Gasteiger partial charge in [-0.2, -0.15) is 0 Å². The van der Waals surface area contributed by atoms with E-state index < -0.39 is 18.0 Å². The lowest BCUT2D eigenvalue weighted by atomic mass is 10.1. The van der Waals surface area contributed by atoms with Crippen molar-refractivity contribution in [1.82, 2.24) is 20.2 Å². The third kappa shape index (κ3) is 4.00. The number of aliphatic hydroxyl groups is 1. The number of hydrogen-bond acceptors (Lipinski definition) is 6. The first kappa shape index (κ1) is 18.3. The van der Waals surface area contributed by atoms with Gasteiger partial charge in [-0.1, -0.05) is 0 Å². The largest absolute Gasteiger partial charge is 0.481 e. The Kier molecular flexibility index (Phi) is 5.48. The molecule has 3 rings (SSSR count). The van der Waals surface area contributed by atoms with Crippen molar-refractivity contribution in [3.63, 3.8) is 0 Å². The standard InChI is InChI=1S/C17H21FN4O4/c1-26-15-3-2-13-16(21-15)11(12(18)7-19-13)4-5-22-8-10(14(23)9-22)6-20-17(24)25/h2-3,7,10,14,20,23H,4-6,8-9H2,1H3,(H,24,25)/t10-,14-/m0/s1. The number of carbonyl (C=O) groups is 1. The number of aliphatic hydroxyl groups excluding tert-OH is 1. The highest BCUT2D eigenvalue weighted by Gasteiger charge is 2.31. The van der Waals surface area contributed by atoms with Crippen molar-refractivity contribution < 1.29 is 24.1 Å². The number of amides is 1. The van der Waals surface area contributed by atoms with E-state index in [0.717, 1.165) is 0 Å². The number of fused-ring (bicyclic) bond motifs is 1. The molecule has 9 heteroatoms. The maximum atomic E-state index is 14.3. The smallest absolute Gasteiger partial charge is 0.404 e. The van der Waals surface area contributed by atoms with Crippen LogP contribution in [0.4, 0.5) is 9.18 Å². The quantitative estimate of drug-likeness (QED) is 0.698. The molecule has 1 saturated heterocycles. The van der Waals surface area contributed by atoms with Gasteiger partial charge in [-0.25, -0.2) is 14.2 Å². The van der Waals surface area contributed by atoms with Crippen LogP contribution in [-0.4, -0.2) is 70.6 Å². The molecular formula is C17H21FN4O4. The molecule has 1 amide bonds. The minimum atomic E-state index is -1.11. The summed E-state index contributed by atoms with van der Waals surface area (Å²) in [4.78, 5) is 21.0. The monoisotopic (exact) mass is 364 g/mol. The van der Waals surface area contributed by atoms with E-state index in [1.807, 2.05) is 4.90 Å². The molecule has 26 heavy (non-hydrogen) atoms. The Morgan fingerprint density at radius 2 is 2.27 bits per heavy atom. The average Bonchev–Trinajstić information content (AvgIpc) is 2.98. The van der Waals surface area contributed by atoms with Gasteiger partial charge in [0.15, 0.2) is 0 Å². The van der Waals surface area contributed by atoms with Crippen LogP contribution < -0.4 is 10.1 Å². The van der Waals surface area contributed by atoms with E-state index in [1.54, 1.807) is 12.1 Å². The number of pyridine rings is 2. The van der Waals surface area contributed by atoms with Gasteiger partial charge in [0.1, 0.15) is 5.82 Å². The molecule has 0 aliphatic carbocycles. The maximum Gasteiger partial charge on any atom is 0.404 e. The van der Waals surface area contributed by atoms with Crippen LogP contribution in [0.2, 0.25) is 0 Å². The Balaban J connectivity index is 1.70. The number of likely N-dealkylation sites (tertiary alicyclic amines) is 1. The second-order valence-electron chi connectivity index (χ2n) is 6.33. The summed E-state index contributed by atoms with van der Waals surface area (Å²) in [5.74, 6) is -0.215. The van der Waals surface area contributed by atoms with Crippen LogP contribution in [0.25, 0.3) is 11.0 Å². The number of hydrogen-bond donors (Lipinski definition) is 3. The van der Waals surface area contributed by atoms with Crippen molar-refractivity contribution in [2.45, 2.75) is 12.5 Å². The Bertz CT molecular complexity index is 804. The van der Waals surface area contributed by atoms with Gasteiger partial charge in [0.25, 0.3) is 0 Å². The van der Waals surface area contributed by atoms with Crippen molar-refractivity contribution in [2.24, 2.45) is 5.92 Å². The van der Waals surface area contributed by atoms with E-state index in [-0.39, 0.29) is 12.5 Å². The van der Waals surface area contributed by atoms with E-state index in [1.165, 1.54) is 13.3 Å². The molecular weight excluding hydrogens is 343 g/mol. The predicted octanol–water partition coefficient (Wildman–Crippen LogP) is 0.880. The molecule has 2 aromatic rings. The number of ether oxygens (including phenoxy) is 1. The third-order valence-corrected chi connectivity index (χ3v) is 4.62. The first-order valence-electron chi connectivity index (χ1n) is 8.33. The predicted molar refractivity (Wildman–Crippen MR) is 91.7 cm³/mol. The van der Waals surface area contributed by atoms with Crippen molar-refractivity contribution >= 4 is 17.1 Å². The van der Waals surface area contributed by atoms with Gasteiger partial charge < -0.3 is 20.3 Å². The summed E-state index contributed by atoms with van der Waals surface area (Å²) in [5, 5.41) is 21.1. The fraction of sp³-hybridized carbons (Fsp3) is 0.471. The number of nitrogens with one attached hydrogen (secondary N) is 1. The number of β-amino-alcohol motifs (C(OH)–C–C–N with tert-alkyl or cyclic N) is 1. The van der Waals surface area contributed by atoms with Crippen LogP contribution in [0.3, 0.4) is 0 Å². The first-order chi connectivity index (χ1) is 12.5. The van der Waals surface area contributed by atoms with Crippen molar-refractivity contribution in [3.8, 4) is 5.88 Å². The lowest BCUT2D eigenvalue weighted by Gasteiger charge is -2.16. The lowest BCUT2D eigenvalue weighted by Crippen LogP contribution is -2.33. The molecule has 1 aliphatic heterocycles. The van der Waals surface area contributed by atoms with Gasteiger partial charge in [0.05, 0.1) is 30.4 Å². The summed E-state index contributed by atoms with van der Waals surface area (Å²) in [6.45, 7) is 1.68. The molecule has 1 fully saturated rings. The summed E-state index contributed by atoms with van der Waals surface area (Å²) in [7, 11) is 1.50. The highest BCUT2D eigenvalue weighted by molar-refractivity contribution is 5.78. The Labute approximate surface area is 149 Å². The van der Waals surface area contributed by atoms with E-state index in [4.69, 9.17) is 9.84 Å². The van der Waals surface area contributed by atoms with Gasteiger partial charge in [-0.3, -0.25) is 9.88 Å². The van der Waals surface area contributed by atoms with E-state index >= 15 is 0 Å². The Hall–Kier alpha value is -2.52. The molecule has 0 spiro atoms. The molecule has 3 heterocycles. The molecule has 1 aliphatic rings. The number of rotatable bonds is 6. The fourth-order valence-corrected chi connectivity index (χ4v) is 3.24. The van der Waals surface area contributed by atoms with Gasteiger partial charge in [0.2, 0.25) is 5.88 Å². The number of halogens is 1. The van der Waals surface area contributed by atoms with Crippen LogP contribution >= 0.6 is 0 Å². The molecule has 3 N–H and O–H groups in total. The molecule has 0 radical (unpaired) electrons. The molecule has 140 valence electrons. The van der Waals surface area contributed by atoms with Gasteiger partial charge in [-0.15, -0.1) is 0 Å². The number of nitrogens with zero attached hydrogens (tertiary/aromatic N) is 3. The molecule has 0 saturated carbocycles. The number of methoxy groups -OCH3 is 1. The average molecular weight is 364 g/mol. The van der Waals surface area contributed by atoms with Crippen LogP contribution in [0.1, 0.15) is 5.56 Å². The van der Waals surface area contributed by atoms with Crippen LogP contribution in [-0.2, 0) is 6.42 Å². The first-order valence-corrected chi connectivity index (χ1v) is 8.33. The minimum absolute atomic E-state index is 0.177. The molecule has 2 aromatic heterocycles. The summed E-state index contributed by atoms with van der Waals surface area (Å²) in [5.41, 5.74) is 1.51. The van der Waals surface area contributed by atoms with E-state index in [2.05, 4.69) is 15.3 Å². The zero-order valence-corrected chi connectivity index (χ0v) is 14.4. The van der Waals surface area contributed by atoms with E-state index in [0.29, 0.717) is 48.5 Å². The van der Waals surface area contributed by atoms with Crippen molar-refractivity contribution in [2.75, 3.05) is 33.3 Å². The maximum absolute atomic E-state index is 14.3. The molecule has 0 bridgehead atoms. The molecule has 0 aromatic carbocycles. The fourth-order valence-electron chi connectivity index (χ4n) is 3.24. The molecule has 2 atom stereocenters. The van der Waals surface area contributed by atoms with Crippen LogP contribution in [0.15, 0.2) is 18.3 Å². The van der Waals surface area contributed by atoms with Gasteiger partial charge in [-0.05, 0) is 12.5 Å². The summed E-state index contributed by atoms with van der Waals surface area (Å²) in [6, 6.07) is 3.41. The van der Waals surface area contributed by atoms with E-state index in [9.17, 15) is 14.3 Å². The zero-order valence-electron chi connectivity index (χ0n) is 14.4. The summed E-state index contributed by atoms with van der Waals surface area (Å²) in [6.07, 6.45) is -0.138. The highest BCUT2D eigenvalue weighted by atomic mass is 19.1. The minimum Gasteiger partial charge on any atom is -0.481 e. The zero-order chi connectivity index (χ0) is 18.7. The molecule has 0 unspecified atom stereocenters. The SMILES string of the molecule is COc1ccc2ncc(F)c(CCN3C[C@H](CNC(=O)O)[C@@H](O)C3)c2n1. The summed E-state index contributed by atoms with van der Waals surface area (Å²) >= 11 is 0.